The van der Waals surface area contributed by atoms with Crippen molar-refractivity contribution in [3.05, 3.63) is 0 Å². The van der Waals surface area contributed by atoms with E-state index in [2.05, 4.69) is 27.8 Å². The number of rotatable bonds is 6. The van der Waals surface area contributed by atoms with Crippen molar-refractivity contribution < 1.29 is 9.59 Å². The summed E-state index contributed by atoms with van der Waals surface area (Å²) in [5, 5.41) is 8.33. The standard InChI is InChI=1S/C14H28N4O2.ClH/c1-4-10-18(12-6-8-15-9-7-12)11(3)13(19)17-14(20)16-5-2;/h11-12,15H,4-10H2,1-3H3,(H2,16,17,19,20);1H. The summed E-state index contributed by atoms with van der Waals surface area (Å²) in [6.45, 7) is 9.21. The van der Waals surface area contributed by atoms with E-state index >= 15 is 0 Å². The van der Waals surface area contributed by atoms with Gasteiger partial charge in [0.25, 0.3) is 0 Å². The van der Waals surface area contributed by atoms with Crippen molar-refractivity contribution in [2.24, 2.45) is 0 Å². The summed E-state index contributed by atoms with van der Waals surface area (Å²) in [5.74, 6) is -0.220. The van der Waals surface area contributed by atoms with E-state index in [1.54, 1.807) is 0 Å². The largest absolute Gasteiger partial charge is 0.338 e. The molecule has 1 atom stereocenters. The second kappa shape index (κ2) is 10.8. The number of imide groups is 1. The van der Waals surface area contributed by atoms with Gasteiger partial charge < -0.3 is 10.6 Å². The van der Waals surface area contributed by atoms with Crippen molar-refractivity contribution in [3.8, 4) is 0 Å². The zero-order valence-corrected chi connectivity index (χ0v) is 14.1. The molecule has 0 saturated carbocycles. The molecule has 0 aromatic rings. The van der Waals surface area contributed by atoms with E-state index in [1.165, 1.54) is 0 Å². The molecule has 1 saturated heterocycles. The second-order valence-corrected chi connectivity index (χ2v) is 5.24. The van der Waals surface area contributed by atoms with Gasteiger partial charge in [0, 0.05) is 12.6 Å². The number of carbonyl (C=O) groups excluding carboxylic acids is 2. The van der Waals surface area contributed by atoms with Gasteiger partial charge in [-0.2, -0.15) is 0 Å². The average Bonchev–Trinajstić information content (AvgIpc) is 2.45. The Kier molecular flexibility index (Phi) is 10.4. The summed E-state index contributed by atoms with van der Waals surface area (Å²) in [6, 6.07) is -0.266. The van der Waals surface area contributed by atoms with E-state index in [4.69, 9.17) is 0 Å². The lowest BCUT2D eigenvalue weighted by molar-refractivity contribution is -0.125. The fourth-order valence-corrected chi connectivity index (χ4v) is 2.66. The van der Waals surface area contributed by atoms with Crippen LogP contribution in [-0.4, -0.2) is 55.1 Å². The van der Waals surface area contributed by atoms with E-state index in [9.17, 15) is 9.59 Å². The zero-order valence-electron chi connectivity index (χ0n) is 13.3. The number of urea groups is 1. The first-order valence-corrected chi connectivity index (χ1v) is 7.65. The molecule has 6 nitrogen and oxygen atoms in total. The Bertz CT molecular complexity index is 322. The minimum Gasteiger partial charge on any atom is -0.338 e. The van der Waals surface area contributed by atoms with E-state index < -0.39 is 6.03 Å². The van der Waals surface area contributed by atoms with Crippen LogP contribution in [0.5, 0.6) is 0 Å². The Balaban J connectivity index is 0.00000400. The van der Waals surface area contributed by atoms with Crippen molar-refractivity contribution in [2.45, 2.75) is 52.1 Å². The van der Waals surface area contributed by atoms with Crippen LogP contribution in [0.2, 0.25) is 0 Å². The van der Waals surface area contributed by atoms with Gasteiger partial charge in [-0.25, -0.2) is 4.79 Å². The highest BCUT2D eigenvalue weighted by Gasteiger charge is 2.29. The van der Waals surface area contributed by atoms with Crippen LogP contribution in [0.1, 0.15) is 40.0 Å². The molecule has 0 bridgehead atoms. The molecule has 1 heterocycles. The number of nitrogens with zero attached hydrogens (tertiary/aromatic N) is 1. The van der Waals surface area contributed by atoms with Crippen LogP contribution in [-0.2, 0) is 4.79 Å². The minimum atomic E-state index is -0.411. The van der Waals surface area contributed by atoms with Gasteiger partial charge in [0.05, 0.1) is 6.04 Å². The quantitative estimate of drug-likeness (QED) is 0.685. The Morgan fingerprint density at radius 2 is 1.90 bits per heavy atom. The molecule has 3 N–H and O–H groups in total. The molecule has 0 aliphatic carbocycles. The predicted octanol–water partition coefficient (Wildman–Crippen LogP) is 1.11. The Morgan fingerprint density at radius 3 is 2.43 bits per heavy atom. The first-order valence-electron chi connectivity index (χ1n) is 7.65. The van der Waals surface area contributed by atoms with Crippen LogP contribution in [0.15, 0.2) is 0 Å². The molecule has 0 aromatic heterocycles. The molecule has 0 spiro atoms. The third kappa shape index (κ3) is 6.63. The molecule has 0 aromatic carbocycles. The number of hydrogen-bond donors (Lipinski definition) is 3. The van der Waals surface area contributed by atoms with E-state index in [0.29, 0.717) is 12.6 Å². The second-order valence-electron chi connectivity index (χ2n) is 5.24. The van der Waals surface area contributed by atoms with E-state index in [-0.39, 0.29) is 24.4 Å². The van der Waals surface area contributed by atoms with Crippen molar-refractivity contribution in [1.29, 1.82) is 0 Å². The fourth-order valence-electron chi connectivity index (χ4n) is 2.66. The van der Waals surface area contributed by atoms with Crippen LogP contribution in [0.3, 0.4) is 0 Å². The molecule has 1 fully saturated rings. The molecule has 1 rings (SSSR count). The minimum absolute atomic E-state index is 0. The highest BCUT2D eigenvalue weighted by molar-refractivity contribution is 5.96. The maximum Gasteiger partial charge on any atom is 0.321 e. The third-order valence-corrected chi connectivity index (χ3v) is 3.71. The maximum absolute atomic E-state index is 12.2. The number of hydrogen-bond acceptors (Lipinski definition) is 4. The smallest absolute Gasteiger partial charge is 0.321 e. The van der Waals surface area contributed by atoms with Crippen LogP contribution in [0.4, 0.5) is 4.79 Å². The van der Waals surface area contributed by atoms with Crippen molar-refractivity contribution in [1.82, 2.24) is 20.9 Å². The SMILES string of the molecule is CCCN(C1CCNCC1)C(C)C(=O)NC(=O)NCC.Cl. The van der Waals surface area contributed by atoms with Gasteiger partial charge in [-0.1, -0.05) is 6.92 Å². The topological polar surface area (TPSA) is 73.5 Å². The van der Waals surface area contributed by atoms with Gasteiger partial charge in [-0.05, 0) is 52.7 Å². The predicted molar refractivity (Wildman–Crippen MR) is 86.8 cm³/mol. The summed E-state index contributed by atoms with van der Waals surface area (Å²) in [7, 11) is 0. The van der Waals surface area contributed by atoms with E-state index in [1.807, 2.05) is 13.8 Å². The molecule has 3 amide bonds. The van der Waals surface area contributed by atoms with E-state index in [0.717, 1.165) is 38.9 Å². The normalized spacial score (nSPS) is 17.0. The van der Waals surface area contributed by atoms with Gasteiger partial charge in [0.2, 0.25) is 5.91 Å². The molecule has 7 heteroatoms. The Labute approximate surface area is 133 Å². The van der Waals surface area contributed by atoms with Crippen LogP contribution < -0.4 is 16.0 Å². The van der Waals surface area contributed by atoms with Crippen molar-refractivity contribution in [2.75, 3.05) is 26.2 Å². The molecular formula is C14H29ClN4O2. The van der Waals surface area contributed by atoms with Gasteiger partial charge in [-0.15, -0.1) is 12.4 Å². The van der Waals surface area contributed by atoms with Crippen LogP contribution in [0.25, 0.3) is 0 Å². The first kappa shape index (κ1) is 20.1. The molecule has 21 heavy (non-hydrogen) atoms. The molecular weight excluding hydrogens is 292 g/mol. The lowest BCUT2D eigenvalue weighted by Crippen LogP contribution is -2.54. The zero-order chi connectivity index (χ0) is 15.0. The van der Waals surface area contributed by atoms with Crippen LogP contribution in [0, 0.1) is 0 Å². The molecule has 0 radical (unpaired) electrons. The summed E-state index contributed by atoms with van der Waals surface area (Å²) in [6.07, 6.45) is 3.11. The maximum atomic E-state index is 12.2. The highest BCUT2D eigenvalue weighted by atomic mass is 35.5. The van der Waals surface area contributed by atoms with Gasteiger partial charge in [-0.3, -0.25) is 15.0 Å². The molecule has 1 unspecified atom stereocenters. The first-order chi connectivity index (χ1) is 9.60. The lowest BCUT2D eigenvalue weighted by atomic mass is 10.0. The Morgan fingerprint density at radius 1 is 1.29 bits per heavy atom. The summed E-state index contributed by atoms with van der Waals surface area (Å²) < 4.78 is 0. The monoisotopic (exact) mass is 320 g/mol. The molecule has 124 valence electrons. The Hall–Kier alpha value is -0.850. The van der Waals surface area contributed by atoms with Gasteiger partial charge >= 0.3 is 6.03 Å². The van der Waals surface area contributed by atoms with Crippen LogP contribution >= 0.6 is 12.4 Å². The number of piperidine rings is 1. The van der Waals surface area contributed by atoms with Crippen molar-refractivity contribution >= 4 is 24.3 Å². The number of halogens is 1. The lowest BCUT2D eigenvalue weighted by Gasteiger charge is -2.37. The summed E-state index contributed by atoms with van der Waals surface area (Å²) >= 11 is 0. The van der Waals surface area contributed by atoms with Crippen molar-refractivity contribution in [3.63, 3.8) is 0 Å². The summed E-state index contributed by atoms with van der Waals surface area (Å²) in [5.41, 5.74) is 0. The molecule has 1 aliphatic rings. The number of amides is 3. The summed E-state index contributed by atoms with van der Waals surface area (Å²) in [4.78, 5) is 25.8. The number of nitrogens with one attached hydrogen (secondary N) is 3. The highest BCUT2D eigenvalue weighted by Crippen LogP contribution is 2.15. The van der Waals surface area contributed by atoms with Gasteiger partial charge in [0.15, 0.2) is 0 Å². The third-order valence-electron chi connectivity index (χ3n) is 3.71. The molecule has 1 aliphatic heterocycles. The average molecular weight is 321 g/mol. The fraction of sp³-hybridized carbons (Fsp3) is 0.857. The van der Waals surface area contributed by atoms with Gasteiger partial charge in [0.1, 0.15) is 0 Å². The number of carbonyl (C=O) groups is 2.